The van der Waals surface area contributed by atoms with Gasteiger partial charge in [0.2, 0.25) is 0 Å². The van der Waals surface area contributed by atoms with Crippen LogP contribution in [0.2, 0.25) is 0 Å². The quantitative estimate of drug-likeness (QED) is 0.541. The number of rotatable bonds is 1. The van der Waals surface area contributed by atoms with E-state index in [9.17, 15) is 4.39 Å². The van der Waals surface area contributed by atoms with Gasteiger partial charge in [0.1, 0.15) is 6.17 Å². The Hall–Kier alpha value is -0.620. The Morgan fingerprint density at radius 1 is 1.70 bits per heavy atom. The van der Waals surface area contributed by atoms with Crippen LogP contribution in [0, 0.1) is 17.2 Å². The second-order valence-electron chi connectivity index (χ2n) is 2.86. The molecular formula is C7H11FN2. The summed E-state index contributed by atoms with van der Waals surface area (Å²) in [5.41, 5.74) is 0. The van der Waals surface area contributed by atoms with E-state index in [4.69, 9.17) is 5.26 Å². The average molecular weight is 142 g/mol. The number of likely N-dealkylation sites (tertiary alicyclic amines) is 1. The van der Waals surface area contributed by atoms with E-state index in [1.54, 1.807) is 0 Å². The van der Waals surface area contributed by atoms with Crippen molar-refractivity contribution in [3.05, 3.63) is 0 Å². The molecule has 0 spiro atoms. The molecule has 1 rings (SSSR count). The summed E-state index contributed by atoms with van der Waals surface area (Å²) < 4.78 is 12.8. The van der Waals surface area contributed by atoms with E-state index in [1.165, 1.54) is 0 Å². The molecule has 0 aromatic heterocycles. The van der Waals surface area contributed by atoms with E-state index < -0.39 is 6.17 Å². The highest BCUT2D eigenvalue weighted by Crippen LogP contribution is 2.20. The van der Waals surface area contributed by atoms with Crippen LogP contribution >= 0.6 is 0 Å². The number of hydrogen-bond acceptors (Lipinski definition) is 2. The van der Waals surface area contributed by atoms with Crippen molar-refractivity contribution >= 4 is 0 Å². The summed E-state index contributed by atoms with van der Waals surface area (Å²) in [7, 11) is 1.88. The summed E-state index contributed by atoms with van der Waals surface area (Å²) in [5.74, 6) is -0.0463. The second kappa shape index (κ2) is 2.98. The third kappa shape index (κ3) is 1.45. The molecule has 0 bridgehead atoms. The van der Waals surface area contributed by atoms with Gasteiger partial charge in [0.05, 0.1) is 6.07 Å². The molecule has 0 amide bonds. The predicted octanol–water partition coefficient (Wildman–Crippen LogP) is 0.800. The number of nitriles is 1. The summed E-state index contributed by atoms with van der Waals surface area (Å²) in [5, 5.41) is 8.30. The van der Waals surface area contributed by atoms with E-state index in [1.807, 2.05) is 18.0 Å². The first-order valence-corrected chi connectivity index (χ1v) is 3.43. The van der Waals surface area contributed by atoms with Gasteiger partial charge in [-0.05, 0) is 7.05 Å². The topological polar surface area (TPSA) is 27.0 Å². The lowest BCUT2D eigenvalue weighted by Gasteiger charge is -2.04. The molecule has 1 aliphatic rings. The molecule has 1 aliphatic heterocycles. The Kier molecular flexibility index (Phi) is 2.23. The molecular weight excluding hydrogens is 131 g/mol. The molecule has 0 radical (unpaired) electrons. The zero-order chi connectivity index (χ0) is 7.56. The smallest absolute Gasteiger partial charge is 0.118 e. The van der Waals surface area contributed by atoms with E-state index >= 15 is 0 Å². The van der Waals surface area contributed by atoms with Gasteiger partial charge in [0, 0.05) is 25.4 Å². The SMILES string of the molecule is CN1C[C@H](CC#N)[C@H](F)C1. The van der Waals surface area contributed by atoms with Crippen LogP contribution in [0.25, 0.3) is 0 Å². The third-order valence-electron chi connectivity index (χ3n) is 1.90. The maximum absolute atomic E-state index is 12.8. The Morgan fingerprint density at radius 3 is 2.80 bits per heavy atom. The van der Waals surface area contributed by atoms with E-state index in [0.717, 1.165) is 6.54 Å². The molecule has 2 nitrogen and oxygen atoms in total. The monoisotopic (exact) mass is 142 g/mol. The molecule has 56 valence electrons. The van der Waals surface area contributed by atoms with Crippen molar-refractivity contribution in [2.75, 3.05) is 20.1 Å². The summed E-state index contributed by atoms with van der Waals surface area (Å²) in [6.45, 7) is 1.22. The molecule has 10 heavy (non-hydrogen) atoms. The normalized spacial score (nSPS) is 34.1. The van der Waals surface area contributed by atoms with Crippen molar-refractivity contribution in [1.82, 2.24) is 4.90 Å². The molecule has 0 N–H and O–H groups in total. The minimum atomic E-state index is -0.787. The molecule has 0 aromatic carbocycles. The third-order valence-corrected chi connectivity index (χ3v) is 1.90. The van der Waals surface area contributed by atoms with Crippen molar-refractivity contribution in [3.8, 4) is 6.07 Å². The zero-order valence-corrected chi connectivity index (χ0v) is 6.05. The number of alkyl halides is 1. The van der Waals surface area contributed by atoms with Crippen LogP contribution in [0.15, 0.2) is 0 Å². The Bertz CT molecular complexity index is 152. The standard InChI is InChI=1S/C7H11FN2/c1-10-4-6(2-3-9)7(8)5-10/h6-7H,2,4-5H2,1H3/t6-,7+/m0/s1. The first-order chi connectivity index (χ1) is 4.74. The molecule has 0 saturated carbocycles. The second-order valence-corrected chi connectivity index (χ2v) is 2.86. The fourth-order valence-electron chi connectivity index (χ4n) is 1.35. The van der Waals surface area contributed by atoms with Gasteiger partial charge in [-0.15, -0.1) is 0 Å². The Labute approximate surface area is 60.2 Å². The maximum atomic E-state index is 12.8. The average Bonchev–Trinajstić information content (AvgIpc) is 2.13. The van der Waals surface area contributed by atoms with Crippen LogP contribution < -0.4 is 0 Å². The minimum absolute atomic E-state index is 0.0463. The van der Waals surface area contributed by atoms with Gasteiger partial charge < -0.3 is 4.90 Å². The van der Waals surface area contributed by atoms with Gasteiger partial charge in [0.25, 0.3) is 0 Å². The summed E-state index contributed by atoms with van der Waals surface area (Å²) in [4.78, 5) is 1.92. The molecule has 1 fully saturated rings. The lowest BCUT2D eigenvalue weighted by atomic mass is 10.0. The van der Waals surface area contributed by atoms with Gasteiger partial charge >= 0.3 is 0 Å². The molecule has 3 heteroatoms. The van der Waals surface area contributed by atoms with Crippen LogP contribution in [0.4, 0.5) is 4.39 Å². The fourth-order valence-corrected chi connectivity index (χ4v) is 1.35. The largest absolute Gasteiger partial charge is 0.303 e. The predicted molar refractivity (Wildman–Crippen MR) is 36.1 cm³/mol. The number of halogens is 1. The van der Waals surface area contributed by atoms with Gasteiger partial charge in [-0.2, -0.15) is 5.26 Å². The first kappa shape index (κ1) is 7.49. The fraction of sp³-hybridized carbons (Fsp3) is 0.857. The van der Waals surface area contributed by atoms with Crippen molar-refractivity contribution in [2.45, 2.75) is 12.6 Å². The Balaban J connectivity index is 2.40. The van der Waals surface area contributed by atoms with Crippen molar-refractivity contribution in [1.29, 1.82) is 5.26 Å². The van der Waals surface area contributed by atoms with Crippen molar-refractivity contribution in [3.63, 3.8) is 0 Å². The summed E-state index contributed by atoms with van der Waals surface area (Å²) in [6.07, 6.45) is -0.435. The lowest BCUT2D eigenvalue weighted by molar-refractivity contribution is 0.281. The molecule has 2 atom stereocenters. The molecule has 0 aliphatic carbocycles. The van der Waals surface area contributed by atoms with Gasteiger partial charge in [-0.25, -0.2) is 4.39 Å². The van der Waals surface area contributed by atoms with Gasteiger partial charge in [-0.1, -0.05) is 0 Å². The Morgan fingerprint density at radius 2 is 2.40 bits per heavy atom. The molecule has 0 aromatic rings. The van der Waals surface area contributed by atoms with E-state index in [0.29, 0.717) is 13.0 Å². The highest BCUT2D eigenvalue weighted by molar-refractivity contribution is 4.88. The van der Waals surface area contributed by atoms with Crippen LogP contribution in [0.5, 0.6) is 0 Å². The van der Waals surface area contributed by atoms with Gasteiger partial charge in [0.15, 0.2) is 0 Å². The van der Waals surface area contributed by atoms with Crippen LogP contribution in [-0.2, 0) is 0 Å². The molecule has 1 heterocycles. The summed E-state index contributed by atoms with van der Waals surface area (Å²) >= 11 is 0. The highest BCUT2D eigenvalue weighted by Gasteiger charge is 2.29. The van der Waals surface area contributed by atoms with E-state index in [2.05, 4.69) is 0 Å². The lowest BCUT2D eigenvalue weighted by Crippen LogP contribution is -2.13. The van der Waals surface area contributed by atoms with Crippen LogP contribution in [-0.4, -0.2) is 31.2 Å². The minimum Gasteiger partial charge on any atom is -0.303 e. The first-order valence-electron chi connectivity index (χ1n) is 3.43. The van der Waals surface area contributed by atoms with Crippen molar-refractivity contribution < 1.29 is 4.39 Å². The van der Waals surface area contributed by atoms with Gasteiger partial charge in [-0.3, -0.25) is 0 Å². The highest BCUT2D eigenvalue weighted by atomic mass is 19.1. The number of nitrogens with zero attached hydrogens (tertiary/aromatic N) is 2. The zero-order valence-electron chi connectivity index (χ0n) is 6.05. The molecule has 1 saturated heterocycles. The summed E-state index contributed by atoms with van der Waals surface area (Å²) in [6, 6.07) is 1.99. The van der Waals surface area contributed by atoms with Crippen LogP contribution in [0.3, 0.4) is 0 Å². The van der Waals surface area contributed by atoms with Crippen LogP contribution in [0.1, 0.15) is 6.42 Å². The van der Waals surface area contributed by atoms with Crippen molar-refractivity contribution in [2.24, 2.45) is 5.92 Å². The maximum Gasteiger partial charge on any atom is 0.118 e. The van der Waals surface area contributed by atoms with E-state index in [-0.39, 0.29) is 5.92 Å². The number of hydrogen-bond donors (Lipinski definition) is 0. The molecule has 0 unspecified atom stereocenters.